The maximum absolute atomic E-state index is 13.4. The average molecular weight is 338 g/mol. The topological polar surface area (TPSA) is 3.88 Å². The van der Waals surface area contributed by atoms with Crippen LogP contribution in [0.5, 0.6) is 0 Å². The van der Waals surface area contributed by atoms with E-state index in [1.807, 2.05) is 54.2 Å². The summed E-state index contributed by atoms with van der Waals surface area (Å²) in [6.45, 7) is 0. The van der Waals surface area contributed by atoms with E-state index in [-0.39, 0.29) is 5.56 Å². The van der Waals surface area contributed by atoms with Crippen LogP contribution in [0.3, 0.4) is 0 Å². The van der Waals surface area contributed by atoms with Crippen molar-refractivity contribution in [3.05, 3.63) is 78.5 Å². The number of hydrogen-bond acceptors (Lipinski definition) is 0. The van der Waals surface area contributed by atoms with Gasteiger partial charge < -0.3 is 0 Å². The molecule has 0 spiro atoms. The molecule has 0 saturated carbocycles. The highest BCUT2D eigenvalue weighted by molar-refractivity contribution is 6.05. The Kier molecular flexibility index (Phi) is 3.49. The first-order chi connectivity index (χ1) is 11.9. The number of aromatic nitrogens is 1. The SMILES string of the molecule is C[n+]1cc2ccccc2c2cc(-c3ccccc3C(F)(F)F)ccc21. The molecule has 0 atom stereocenters. The van der Waals surface area contributed by atoms with E-state index in [1.165, 1.54) is 12.1 Å². The minimum absolute atomic E-state index is 0.201. The van der Waals surface area contributed by atoms with E-state index in [4.69, 9.17) is 0 Å². The smallest absolute Gasteiger partial charge is 0.200 e. The molecule has 0 unspecified atom stereocenters. The molecule has 124 valence electrons. The molecular formula is C21H15F3N+. The zero-order chi connectivity index (χ0) is 17.6. The second-order valence-corrected chi connectivity index (χ2v) is 6.10. The molecule has 3 aromatic carbocycles. The molecule has 0 amide bonds. The van der Waals surface area contributed by atoms with Gasteiger partial charge in [-0.25, -0.2) is 4.57 Å². The Hall–Kier alpha value is -2.88. The molecule has 0 radical (unpaired) electrons. The Morgan fingerprint density at radius 3 is 2.32 bits per heavy atom. The van der Waals surface area contributed by atoms with Crippen molar-refractivity contribution in [3.63, 3.8) is 0 Å². The van der Waals surface area contributed by atoms with Crippen molar-refractivity contribution in [1.29, 1.82) is 0 Å². The number of aryl methyl sites for hydroxylation is 1. The van der Waals surface area contributed by atoms with Gasteiger partial charge >= 0.3 is 6.18 Å². The number of hydrogen-bond donors (Lipinski definition) is 0. The number of rotatable bonds is 1. The van der Waals surface area contributed by atoms with E-state index < -0.39 is 11.7 Å². The third-order valence-corrected chi connectivity index (χ3v) is 4.50. The molecule has 0 fully saturated rings. The van der Waals surface area contributed by atoms with Crippen LogP contribution in [0.25, 0.3) is 32.8 Å². The largest absolute Gasteiger partial charge is 0.417 e. The Bertz CT molecular complexity index is 1100. The van der Waals surface area contributed by atoms with Crippen molar-refractivity contribution in [2.45, 2.75) is 6.18 Å². The van der Waals surface area contributed by atoms with Crippen molar-refractivity contribution in [1.82, 2.24) is 0 Å². The highest BCUT2D eigenvalue weighted by Gasteiger charge is 2.33. The van der Waals surface area contributed by atoms with Gasteiger partial charge in [0.05, 0.1) is 10.9 Å². The first-order valence-electron chi connectivity index (χ1n) is 7.93. The third kappa shape index (κ3) is 2.64. The quantitative estimate of drug-likeness (QED) is 0.318. The maximum atomic E-state index is 13.4. The molecule has 1 heterocycles. The summed E-state index contributed by atoms with van der Waals surface area (Å²) >= 11 is 0. The summed E-state index contributed by atoms with van der Waals surface area (Å²) in [6, 6.07) is 19.1. The van der Waals surface area contributed by atoms with Crippen molar-refractivity contribution in [2.24, 2.45) is 7.05 Å². The van der Waals surface area contributed by atoms with E-state index in [0.717, 1.165) is 27.7 Å². The predicted molar refractivity (Wildman–Crippen MR) is 93.1 cm³/mol. The van der Waals surface area contributed by atoms with Gasteiger partial charge in [-0.15, -0.1) is 0 Å². The van der Waals surface area contributed by atoms with Gasteiger partial charge in [-0.2, -0.15) is 13.2 Å². The second kappa shape index (κ2) is 5.59. The molecule has 0 aliphatic rings. The van der Waals surface area contributed by atoms with Crippen LogP contribution in [-0.2, 0) is 13.2 Å². The van der Waals surface area contributed by atoms with Crippen LogP contribution in [0.2, 0.25) is 0 Å². The van der Waals surface area contributed by atoms with Crippen LogP contribution >= 0.6 is 0 Å². The first-order valence-corrected chi connectivity index (χ1v) is 7.93. The van der Waals surface area contributed by atoms with Crippen LogP contribution in [0.4, 0.5) is 13.2 Å². The van der Waals surface area contributed by atoms with Crippen LogP contribution in [-0.4, -0.2) is 0 Å². The summed E-state index contributed by atoms with van der Waals surface area (Å²) < 4.78 is 42.1. The van der Waals surface area contributed by atoms with Crippen LogP contribution in [0.15, 0.2) is 72.9 Å². The number of nitrogens with zero attached hydrogens (tertiary/aromatic N) is 1. The molecule has 4 aromatic rings. The monoisotopic (exact) mass is 338 g/mol. The summed E-state index contributed by atoms with van der Waals surface area (Å²) in [5.41, 5.74) is 1.13. The molecule has 25 heavy (non-hydrogen) atoms. The van der Waals surface area contributed by atoms with Crippen molar-refractivity contribution >= 4 is 21.7 Å². The standard InChI is InChI=1S/C21H15F3N/c1-25-13-15-6-2-3-7-16(15)18-12-14(10-11-20(18)25)17-8-4-5-9-19(17)21(22,23)24/h2-13H,1H3/q+1. The minimum atomic E-state index is -4.38. The van der Waals surface area contributed by atoms with Crippen molar-refractivity contribution < 1.29 is 17.7 Å². The van der Waals surface area contributed by atoms with Gasteiger partial charge in [-0.1, -0.05) is 36.4 Å². The highest BCUT2D eigenvalue weighted by atomic mass is 19.4. The fraction of sp³-hybridized carbons (Fsp3) is 0.0952. The lowest BCUT2D eigenvalue weighted by atomic mass is 9.96. The average Bonchev–Trinajstić information content (AvgIpc) is 2.61. The Labute approximate surface area is 143 Å². The molecule has 0 saturated heterocycles. The summed E-state index contributed by atoms with van der Waals surface area (Å²) in [5, 5.41) is 3.02. The number of halogens is 3. The normalized spacial score (nSPS) is 12.0. The van der Waals surface area contributed by atoms with E-state index in [0.29, 0.717) is 5.56 Å². The van der Waals surface area contributed by atoms with Gasteiger partial charge in [-0.05, 0) is 35.4 Å². The van der Waals surface area contributed by atoms with E-state index in [1.54, 1.807) is 12.1 Å². The van der Waals surface area contributed by atoms with Crippen LogP contribution in [0, 0.1) is 0 Å². The summed E-state index contributed by atoms with van der Waals surface area (Å²) in [5.74, 6) is 0. The Balaban J connectivity index is 2.04. The molecule has 1 aromatic heterocycles. The number of benzene rings is 3. The third-order valence-electron chi connectivity index (χ3n) is 4.50. The highest BCUT2D eigenvalue weighted by Crippen LogP contribution is 2.38. The molecule has 0 aliphatic heterocycles. The molecule has 0 bridgehead atoms. The van der Waals surface area contributed by atoms with E-state index >= 15 is 0 Å². The molecular weight excluding hydrogens is 323 g/mol. The molecule has 0 aliphatic carbocycles. The lowest BCUT2D eigenvalue weighted by Gasteiger charge is -2.13. The molecule has 0 N–H and O–H groups in total. The molecule has 4 heteroatoms. The summed E-state index contributed by atoms with van der Waals surface area (Å²) in [6.07, 6.45) is -2.35. The first kappa shape index (κ1) is 15.6. The van der Waals surface area contributed by atoms with Gasteiger partial charge in [-0.3, -0.25) is 0 Å². The number of alkyl halides is 3. The molecule has 1 nitrogen and oxygen atoms in total. The van der Waals surface area contributed by atoms with Gasteiger partial charge in [0, 0.05) is 16.8 Å². The lowest BCUT2D eigenvalue weighted by Crippen LogP contribution is -2.28. The zero-order valence-corrected chi connectivity index (χ0v) is 13.5. The Morgan fingerprint density at radius 2 is 1.52 bits per heavy atom. The van der Waals surface area contributed by atoms with Crippen molar-refractivity contribution in [3.8, 4) is 11.1 Å². The maximum Gasteiger partial charge on any atom is 0.417 e. The fourth-order valence-corrected chi connectivity index (χ4v) is 3.34. The number of fused-ring (bicyclic) bond motifs is 3. The summed E-state index contributed by atoms with van der Waals surface area (Å²) in [7, 11) is 1.94. The van der Waals surface area contributed by atoms with E-state index in [9.17, 15) is 13.2 Å². The van der Waals surface area contributed by atoms with Crippen molar-refractivity contribution in [2.75, 3.05) is 0 Å². The summed E-state index contributed by atoms with van der Waals surface area (Å²) in [4.78, 5) is 0. The van der Waals surface area contributed by atoms with Gasteiger partial charge in [0.2, 0.25) is 5.52 Å². The molecule has 4 rings (SSSR count). The van der Waals surface area contributed by atoms with Gasteiger partial charge in [0.25, 0.3) is 0 Å². The second-order valence-electron chi connectivity index (χ2n) is 6.10. The minimum Gasteiger partial charge on any atom is -0.200 e. The van der Waals surface area contributed by atoms with Gasteiger partial charge in [0.1, 0.15) is 7.05 Å². The lowest BCUT2D eigenvalue weighted by molar-refractivity contribution is -0.643. The van der Waals surface area contributed by atoms with Crippen LogP contribution < -0.4 is 4.57 Å². The fourth-order valence-electron chi connectivity index (χ4n) is 3.34. The van der Waals surface area contributed by atoms with E-state index in [2.05, 4.69) is 0 Å². The Morgan fingerprint density at radius 1 is 0.800 bits per heavy atom. The predicted octanol–water partition coefficient (Wildman–Crippen LogP) is 5.50. The van der Waals surface area contributed by atoms with Gasteiger partial charge in [0.15, 0.2) is 6.20 Å². The van der Waals surface area contributed by atoms with Crippen LogP contribution in [0.1, 0.15) is 5.56 Å². The number of pyridine rings is 1. The zero-order valence-electron chi connectivity index (χ0n) is 13.5.